The summed E-state index contributed by atoms with van der Waals surface area (Å²) in [6.07, 6.45) is -1.15. The van der Waals surface area contributed by atoms with Crippen LogP contribution in [0.2, 0.25) is 5.02 Å². The lowest BCUT2D eigenvalue weighted by molar-refractivity contribution is 0.210. The van der Waals surface area contributed by atoms with E-state index in [0.717, 1.165) is 5.56 Å². The molecule has 0 unspecified atom stereocenters. The summed E-state index contributed by atoms with van der Waals surface area (Å²) in [6.45, 7) is 1.89. The van der Waals surface area contributed by atoms with E-state index in [-0.39, 0.29) is 5.02 Å². The van der Waals surface area contributed by atoms with Crippen molar-refractivity contribution in [3.8, 4) is 11.1 Å². The molecule has 98 valence electrons. The average molecular weight is 280 g/mol. The van der Waals surface area contributed by atoms with E-state index in [0.29, 0.717) is 16.8 Å². The van der Waals surface area contributed by atoms with E-state index in [1.54, 1.807) is 18.2 Å². The zero-order valence-electron chi connectivity index (χ0n) is 10.1. The Hall–Kier alpha value is -2.07. The highest BCUT2D eigenvalue weighted by Gasteiger charge is 2.10. The molecule has 0 saturated carbocycles. The van der Waals surface area contributed by atoms with Gasteiger partial charge in [-0.25, -0.2) is 9.18 Å². The van der Waals surface area contributed by atoms with Crippen molar-refractivity contribution >= 4 is 23.4 Å². The van der Waals surface area contributed by atoms with Gasteiger partial charge in [0.25, 0.3) is 0 Å². The molecule has 0 heterocycles. The summed E-state index contributed by atoms with van der Waals surface area (Å²) in [6, 6.07) is 9.55. The summed E-state index contributed by atoms with van der Waals surface area (Å²) in [4.78, 5) is 10.8. The van der Waals surface area contributed by atoms with E-state index in [1.165, 1.54) is 12.1 Å². The van der Waals surface area contributed by atoms with E-state index >= 15 is 0 Å². The van der Waals surface area contributed by atoms with Crippen molar-refractivity contribution in [3.05, 3.63) is 52.8 Å². The Labute approximate surface area is 114 Å². The maximum atomic E-state index is 13.2. The van der Waals surface area contributed by atoms with Crippen LogP contribution in [0.4, 0.5) is 14.9 Å². The minimum absolute atomic E-state index is 0.000260. The number of benzene rings is 2. The van der Waals surface area contributed by atoms with Gasteiger partial charge in [0.15, 0.2) is 0 Å². The van der Waals surface area contributed by atoms with Gasteiger partial charge in [-0.05, 0) is 36.8 Å². The molecule has 5 heteroatoms. The molecular formula is C14H11ClFNO2. The number of carbonyl (C=O) groups is 1. The zero-order chi connectivity index (χ0) is 14.0. The number of hydrogen-bond acceptors (Lipinski definition) is 1. The Kier molecular flexibility index (Phi) is 3.71. The third-order valence-electron chi connectivity index (χ3n) is 2.65. The summed E-state index contributed by atoms with van der Waals surface area (Å²) >= 11 is 5.75. The number of carboxylic acid groups (broad SMARTS) is 1. The van der Waals surface area contributed by atoms with Crippen LogP contribution in [-0.4, -0.2) is 11.2 Å². The lowest BCUT2D eigenvalue weighted by atomic mass is 10.0. The van der Waals surface area contributed by atoms with Gasteiger partial charge >= 0.3 is 6.09 Å². The Bertz CT molecular complexity index is 643. The van der Waals surface area contributed by atoms with Crippen molar-refractivity contribution in [2.75, 3.05) is 5.32 Å². The quantitative estimate of drug-likeness (QED) is 0.847. The van der Waals surface area contributed by atoms with E-state index in [9.17, 15) is 9.18 Å². The highest BCUT2D eigenvalue weighted by molar-refractivity contribution is 6.31. The maximum absolute atomic E-state index is 13.2. The normalized spacial score (nSPS) is 10.3. The first kappa shape index (κ1) is 13.4. The molecule has 19 heavy (non-hydrogen) atoms. The molecule has 2 aromatic rings. The van der Waals surface area contributed by atoms with Crippen molar-refractivity contribution in [1.29, 1.82) is 0 Å². The van der Waals surface area contributed by atoms with Crippen LogP contribution < -0.4 is 5.32 Å². The molecule has 0 fully saturated rings. The highest BCUT2D eigenvalue weighted by Crippen LogP contribution is 2.31. The van der Waals surface area contributed by atoms with Crippen LogP contribution in [0.15, 0.2) is 36.4 Å². The topological polar surface area (TPSA) is 49.3 Å². The molecule has 1 amide bonds. The molecule has 0 bridgehead atoms. The van der Waals surface area contributed by atoms with Gasteiger partial charge in [-0.1, -0.05) is 29.3 Å². The number of nitrogens with one attached hydrogen (secondary N) is 1. The number of halogens is 2. The molecule has 0 aromatic heterocycles. The SMILES string of the molecule is Cc1ccc(NC(=O)O)c(-c2ccc(F)c(Cl)c2)c1. The van der Waals surface area contributed by atoms with Gasteiger partial charge in [-0.15, -0.1) is 0 Å². The van der Waals surface area contributed by atoms with E-state index < -0.39 is 11.9 Å². The first-order valence-corrected chi connectivity index (χ1v) is 5.91. The van der Waals surface area contributed by atoms with Crippen molar-refractivity contribution < 1.29 is 14.3 Å². The smallest absolute Gasteiger partial charge is 0.409 e. The van der Waals surface area contributed by atoms with Gasteiger partial charge < -0.3 is 5.11 Å². The van der Waals surface area contributed by atoms with E-state index in [4.69, 9.17) is 16.7 Å². The van der Waals surface area contributed by atoms with Crippen LogP contribution in [0.1, 0.15) is 5.56 Å². The second kappa shape index (κ2) is 5.28. The minimum Gasteiger partial charge on any atom is -0.465 e. The van der Waals surface area contributed by atoms with Gasteiger partial charge in [0.05, 0.1) is 10.7 Å². The molecule has 2 rings (SSSR count). The fourth-order valence-corrected chi connectivity index (χ4v) is 1.97. The number of aryl methyl sites for hydroxylation is 1. The zero-order valence-corrected chi connectivity index (χ0v) is 10.8. The summed E-state index contributed by atoms with van der Waals surface area (Å²) in [5.74, 6) is -0.509. The fraction of sp³-hybridized carbons (Fsp3) is 0.0714. The molecule has 0 aliphatic rings. The predicted octanol–water partition coefficient (Wildman–Crippen LogP) is 4.54. The van der Waals surface area contributed by atoms with Gasteiger partial charge in [0.1, 0.15) is 5.82 Å². The van der Waals surface area contributed by atoms with Crippen molar-refractivity contribution in [1.82, 2.24) is 0 Å². The molecule has 0 radical (unpaired) electrons. The monoisotopic (exact) mass is 279 g/mol. The van der Waals surface area contributed by atoms with E-state index in [1.807, 2.05) is 13.0 Å². The van der Waals surface area contributed by atoms with Crippen molar-refractivity contribution in [3.63, 3.8) is 0 Å². The Morgan fingerprint density at radius 3 is 2.63 bits per heavy atom. The third-order valence-corrected chi connectivity index (χ3v) is 2.94. The Balaban J connectivity index is 2.55. The van der Waals surface area contributed by atoms with Gasteiger partial charge in [-0.3, -0.25) is 5.32 Å². The van der Waals surface area contributed by atoms with Gasteiger partial charge in [0.2, 0.25) is 0 Å². The Morgan fingerprint density at radius 2 is 2.00 bits per heavy atom. The first-order valence-electron chi connectivity index (χ1n) is 5.53. The van der Waals surface area contributed by atoms with Crippen LogP contribution in [0.25, 0.3) is 11.1 Å². The standard InChI is InChI=1S/C14H11ClFNO2/c1-8-2-5-13(17-14(18)19)10(6-8)9-3-4-12(16)11(15)7-9/h2-7,17H,1H3,(H,18,19). The summed E-state index contributed by atoms with van der Waals surface area (Å²) < 4.78 is 13.2. The molecule has 0 aliphatic carbocycles. The predicted molar refractivity (Wildman–Crippen MR) is 73.2 cm³/mol. The second-order valence-electron chi connectivity index (χ2n) is 4.11. The summed E-state index contributed by atoms with van der Waals surface area (Å²) in [7, 11) is 0. The molecule has 0 saturated heterocycles. The molecular weight excluding hydrogens is 269 g/mol. The van der Waals surface area contributed by atoms with Crippen LogP contribution in [0.3, 0.4) is 0 Å². The van der Waals surface area contributed by atoms with Gasteiger partial charge in [-0.2, -0.15) is 0 Å². The van der Waals surface area contributed by atoms with Crippen molar-refractivity contribution in [2.45, 2.75) is 6.92 Å². The molecule has 2 aromatic carbocycles. The number of rotatable bonds is 2. The highest BCUT2D eigenvalue weighted by atomic mass is 35.5. The molecule has 0 atom stereocenters. The third kappa shape index (κ3) is 3.03. The number of anilines is 1. The second-order valence-corrected chi connectivity index (χ2v) is 4.52. The first-order chi connectivity index (χ1) is 8.97. The molecule has 0 aliphatic heterocycles. The van der Waals surface area contributed by atoms with E-state index in [2.05, 4.69) is 5.32 Å². The number of hydrogen-bond donors (Lipinski definition) is 2. The van der Waals surface area contributed by atoms with Crippen molar-refractivity contribution in [2.24, 2.45) is 0 Å². The Morgan fingerprint density at radius 1 is 1.26 bits per heavy atom. The molecule has 2 N–H and O–H groups in total. The minimum atomic E-state index is -1.15. The van der Waals surface area contributed by atoms with Crippen LogP contribution in [-0.2, 0) is 0 Å². The number of amides is 1. The lowest BCUT2D eigenvalue weighted by Crippen LogP contribution is -2.08. The van der Waals surface area contributed by atoms with Crippen LogP contribution in [0, 0.1) is 12.7 Å². The summed E-state index contributed by atoms with van der Waals surface area (Å²) in [5.41, 5.74) is 2.70. The maximum Gasteiger partial charge on any atom is 0.409 e. The van der Waals surface area contributed by atoms with Crippen LogP contribution >= 0.6 is 11.6 Å². The lowest BCUT2D eigenvalue weighted by Gasteiger charge is -2.11. The van der Waals surface area contributed by atoms with Crippen LogP contribution in [0.5, 0.6) is 0 Å². The average Bonchev–Trinajstić information content (AvgIpc) is 2.34. The molecule has 0 spiro atoms. The summed E-state index contributed by atoms with van der Waals surface area (Å²) in [5, 5.41) is 11.1. The largest absolute Gasteiger partial charge is 0.465 e. The fourth-order valence-electron chi connectivity index (χ4n) is 1.78. The van der Waals surface area contributed by atoms with Gasteiger partial charge in [0, 0.05) is 5.56 Å². The molecule has 3 nitrogen and oxygen atoms in total.